The Kier molecular flexibility index (Phi) is 4.09. The fourth-order valence-corrected chi connectivity index (χ4v) is 1.80. The molecule has 2 aromatic rings. The largest absolute Gasteiger partial charge is 0.419 e. The molecule has 0 aliphatic carbocycles. The summed E-state index contributed by atoms with van der Waals surface area (Å²) in [4.78, 5) is 10.6. The van der Waals surface area contributed by atoms with Gasteiger partial charge in [0.1, 0.15) is 5.56 Å². The molecule has 7 heteroatoms. The van der Waals surface area contributed by atoms with Crippen LogP contribution in [0.1, 0.15) is 25.3 Å². The second-order valence-electron chi connectivity index (χ2n) is 4.76. The quantitative estimate of drug-likeness (QED) is 0.665. The van der Waals surface area contributed by atoms with E-state index in [9.17, 15) is 10.1 Å². The Balaban J connectivity index is 2.35. The van der Waals surface area contributed by atoms with Gasteiger partial charge in [-0.15, -0.1) is 10.2 Å². The van der Waals surface area contributed by atoms with Crippen molar-refractivity contribution in [2.45, 2.75) is 33.4 Å². The molecule has 2 rings (SSSR count). The zero-order valence-electron chi connectivity index (χ0n) is 11.6. The van der Waals surface area contributed by atoms with Gasteiger partial charge < -0.3 is 9.73 Å². The summed E-state index contributed by atoms with van der Waals surface area (Å²) in [6.45, 7) is 6.22. The molecule has 0 radical (unpaired) electrons. The average Bonchev–Trinajstić information content (AvgIpc) is 2.84. The fraction of sp³-hybridized carbons (Fsp3) is 0.385. The van der Waals surface area contributed by atoms with Crippen molar-refractivity contribution in [3.63, 3.8) is 0 Å². The van der Waals surface area contributed by atoms with Crippen LogP contribution in [-0.2, 0) is 6.54 Å². The summed E-state index contributed by atoms with van der Waals surface area (Å²) in [5.41, 5.74) is 1.07. The Bertz CT molecular complexity index is 622. The number of aromatic nitrogens is 2. The summed E-state index contributed by atoms with van der Waals surface area (Å²) in [5.74, 6) is 0.585. The van der Waals surface area contributed by atoms with Gasteiger partial charge >= 0.3 is 0 Å². The van der Waals surface area contributed by atoms with Gasteiger partial charge in [-0.3, -0.25) is 10.1 Å². The summed E-state index contributed by atoms with van der Waals surface area (Å²) >= 11 is 0. The minimum absolute atomic E-state index is 0.0305. The second-order valence-corrected chi connectivity index (χ2v) is 4.76. The molecule has 1 heterocycles. The summed E-state index contributed by atoms with van der Waals surface area (Å²) in [6.07, 6.45) is 0. The zero-order chi connectivity index (χ0) is 14.7. The predicted molar refractivity (Wildman–Crippen MR) is 73.1 cm³/mol. The van der Waals surface area contributed by atoms with Gasteiger partial charge in [-0.05, 0) is 12.5 Å². The van der Waals surface area contributed by atoms with Crippen molar-refractivity contribution < 1.29 is 9.34 Å². The SMILES string of the molecule is Cc1cccc([N+](=O)[O-])c1-c1nnc(CNC(C)C)o1. The highest BCUT2D eigenvalue weighted by Gasteiger charge is 2.22. The molecule has 0 saturated carbocycles. The van der Waals surface area contributed by atoms with E-state index in [-0.39, 0.29) is 17.6 Å². The molecule has 106 valence electrons. The highest BCUT2D eigenvalue weighted by atomic mass is 16.6. The van der Waals surface area contributed by atoms with Crippen LogP contribution < -0.4 is 5.32 Å². The first-order valence-electron chi connectivity index (χ1n) is 6.29. The maximum Gasteiger partial charge on any atom is 0.282 e. The lowest BCUT2D eigenvalue weighted by Crippen LogP contribution is -2.21. The van der Waals surface area contributed by atoms with Crippen molar-refractivity contribution in [2.75, 3.05) is 0 Å². The van der Waals surface area contributed by atoms with Crippen molar-refractivity contribution in [1.29, 1.82) is 0 Å². The Morgan fingerprint density at radius 2 is 2.15 bits per heavy atom. The average molecular weight is 276 g/mol. The highest BCUT2D eigenvalue weighted by molar-refractivity contribution is 5.70. The summed E-state index contributed by atoms with van der Waals surface area (Å²) in [7, 11) is 0. The van der Waals surface area contributed by atoms with Crippen LogP contribution in [0.5, 0.6) is 0 Å². The van der Waals surface area contributed by atoms with Gasteiger partial charge in [0.25, 0.3) is 11.6 Å². The van der Waals surface area contributed by atoms with Gasteiger partial charge in [-0.25, -0.2) is 0 Å². The third kappa shape index (κ3) is 3.00. The van der Waals surface area contributed by atoms with E-state index in [1.54, 1.807) is 19.1 Å². The van der Waals surface area contributed by atoms with Gasteiger partial charge in [-0.2, -0.15) is 0 Å². The van der Waals surface area contributed by atoms with E-state index in [2.05, 4.69) is 15.5 Å². The van der Waals surface area contributed by atoms with Gasteiger partial charge in [0, 0.05) is 12.1 Å². The maximum absolute atomic E-state index is 11.1. The molecule has 0 aliphatic heterocycles. The number of benzene rings is 1. The molecule has 7 nitrogen and oxygen atoms in total. The Hall–Kier alpha value is -2.28. The number of nitrogens with zero attached hydrogens (tertiary/aromatic N) is 3. The molecule has 0 fully saturated rings. The zero-order valence-corrected chi connectivity index (χ0v) is 11.6. The molecular weight excluding hydrogens is 260 g/mol. The number of hydrogen-bond acceptors (Lipinski definition) is 6. The first kappa shape index (κ1) is 14.1. The second kappa shape index (κ2) is 5.79. The van der Waals surface area contributed by atoms with E-state index < -0.39 is 4.92 Å². The smallest absolute Gasteiger partial charge is 0.282 e. The number of nitro groups is 1. The molecule has 0 aliphatic rings. The van der Waals surface area contributed by atoms with E-state index in [1.807, 2.05) is 13.8 Å². The van der Waals surface area contributed by atoms with Crippen LogP contribution >= 0.6 is 0 Å². The highest BCUT2D eigenvalue weighted by Crippen LogP contribution is 2.31. The molecule has 0 unspecified atom stereocenters. The molecule has 0 spiro atoms. The number of nitro benzene ring substituents is 1. The van der Waals surface area contributed by atoms with Crippen LogP contribution in [0, 0.1) is 17.0 Å². The summed E-state index contributed by atoms with van der Waals surface area (Å²) < 4.78 is 5.50. The maximum atomic E-state index is 11.1. The summed E-state index contributed by atoms with van der Waals surface area (Å²) in [6, 6.07) is 5.13. The van der Waals surface area contributed by atoms with Crippen LogP contribution in [0.15, 0.2) is 22.6 Å². The van der Waals surface area contributed by atoms with Crippen molar-refractivity contribution in [1.82, 2.24) is 15.5 Å². The van der Waals surface area contributed by atoms with Crippen molar-refractivity contribution in [3.8, 4) is 11.5 Å². The number of rotatable bonds is 5. The lowest BCUT2D eigenvalue weighted by molar-refractivity contribution is -0.384. The van der Waals surface area contributed by atoms with Crippen molar-refractivity contribution in [2.24, 2.45) is 0 Å². The first-order valence-corrected chi connectivity index (χ1v) is 6.29. The number of hydrogen-bond donors (Lipinski definition) is 1. The lowest BCUT2D eigenvalue weighted by Gasteiger charge is -2.04. The van der Waals surface area contributed by atoms with E-state index in [4.69, 9.17) is 4.42 Å². The summed E-state index contributed by atoms with van der Waals surface area (Å²) in [5, 5.41) is 22.0. The van der Waals surface area contributed by atoms with Crippen LogP contribution in [0.4, 0.5) is 5.69 Å². The molecule has 0 saturated heterocycles. The van der Waals surface area contributed by atoms with Crippen LogP contribution in [0.25, 0.3) is 11.5 Å². The van der Waals surface area contributed by atoms with E-state index in [0.717, 1.165) is 5.56 Å². The molecule has 0 bridgehead atoms. The molecule has 1 N–H and O–H groups in total. The fourth-order valence-electron chi connectivity index (χ4n) is 1.80. The first-order chi connectivity index (χ1) is 9.49. The predicted octanol–water partition coefficient (Wildman–Crippen LogP) is 2.45. The third-order valence-electron chi connectivity index (χ3n) is 2.79. The third-order valence-corrected chi connectivity index (χ3v) is 2.79. The van der Waals surface area contributed by atoms with E-state index in [1.165, 1.54) is 6.07 Å². The normalized spacial score (nSPS) is 11.0. The van der Waals surface area contributed by atoms with Crippen LogP contribution in [0.2, 0.25) is 0 Å². The Morgan fingerprint density at radius 1 is 1.40 bits per heavy atom. The minimum atomic E-state index is -0.446. The lowest BCUT2D eigenvalue weighted by atomic mass is 10.1. The van der Waals surface area contributed by atoms with E-state index in [0.29, 0.717) is 18.0 Å². The number of aryl methyl sites for hydroxylation is 1. The van der Waals surface area contributed by atoms with Crippen molar-refractivity contribution in [3.05, 3.63) is 39.8 Å². The van der Waals surface area contributed by atoms with Gasteiger partial charge in [0.15, 0.2) is 0 Å². The minimum Gasteiger partial charge on any atom is -0.419 e. The van der Waals surface area contributed by atoms with Gasteiger partial charge in [0.05, 0.1) is 11.5 Å². The molecular formula is C13H16N4O3. The van der Waals surface area contributed by atoms with Crippen LogP contribution in [0.3, 0.4) is 0 Å². The monoisotopic (exact) mass is 276 g/mol. The molecule has 20 heavy (non-hydrogen) atoms. The van der Waals surface area contributed by atoms with Crippen LogP contribution in [-0.4, -0.2) is 21.2 Å². The van der Waals surface area contributed by atoms with Gasteiger partial charge in [-0.1, -0.05) is 26.0 Å². The van der Waals surface area contributed by atoms with Crippen molar-refractivity contribution >= 4 is 5.69 Å². The van der Waals surface area contributed by atoms with Gasteiger partial charge in [0.2, 0.25) is 5.89 Å². The Morgan fingerprint density at radius 3 is 2.80 bits per heavy atom. The molecule has 1 aromatic heterocycles. The number of nitrogens with one attached hydrogen (secondary N) is 1. The molecule has 1 aromatic carbocycles. The molecule has 0 amide bonds. The Labute approximate surface area is 116 Å². The topological polar surface area (TPSA) is 94.1 Å². The standard InChI is InChI=1S/C13H16N4O3/c1-8(2)14-7-11-15-16-13(20-11)12-9(3)5-4-6-10(12)17(18)19/h4-6,8,14H,7H2,1-3H3. The van der Waals surface area contributed by atoms with E-state index >= 15 is 0 Å². The molecule has 0 atom stereocenters.